The minimum Gasteiger partial charge on any atom is -0.480 e. The molecule has 2 N–H and O–H groups in total. The number of amides is 2. The van der Waals surface area contributed by atoms with Crippen molar-refractivity contribution >= 4 is 29.5 Å². The molecular formula is C16H28N2O4S. The monoisotopic (exact) mass is 344 g/mol. The predicted octanol–water partition coefficient (Wildman–Crippen LogP) is 1.88. The highest BCUT2D eigenvalue weighted by atomic mass is 32.2. The van der Waals surface area contributed by atoms with Crippen LogP contribution in [-0.2, 0) is 14.4 Å². The van der Waals surface area contributed by atoms with E-state index in [9.17, 15) is 19.5 Å². The van der Waals surface area contributed by atoms with Crippen LogP contribution in [-0.4, -0.2) is 57.9 Å². The third-order valence-electron chi connectivity index (χ3n) is 4.04. The van der Waals surface area contributed by atoms with E-state index < -0.39 is 11.5 Å². The Morgan fingerprint density at radius 1 is 1.09 bits per heavy atom. The molecule has 0 aromatic rings. The molecule has 1 heterocycles. The zero-order valence-electron chi connectivity index (χ0n) is 14.1. The summed E-state index contributed by atoms with van der Waals surface area (Å²) in [6.07, 6.45) is 2.83. The molecule has 1 fully saturated rings. The van der Waals surface area contributed by atoms with Crippen molar-refractivity contribution in [2.45, 2.75) is 57.9 Å². The van der Waals surface area contributed by atoms with Gasteiger partial charge >= 0.3 is 5.97 Å². The van der Waals surface area contributed by atoms with Gasteiger partial charge in [-0.2, -0.15) is 11.8 Å². The lowest BCUT2D eigenvalue weighted by atomic mass is 9.92. The highest BCUT2D eigenvalue weighted by molar-refractivity contribution is 7.99. The van der Waals surface area contributed by atoms with E-state index >= 15 is 0 Å². The van der Waals surface area contributed by atoms with E-state index in [0.29, 0.717) is 25.9 Å². The molecule has 0 atom stereocenters. The second-order valence-electron chi connectivity index (χ2n) is 5.93. The fraction of sp³-hybridized carbons (Fsp3) is 0.812. The van der Waals surface area contributed by atoms with Gasteiger partial charge in [-0.05, 0) is 37.2 Å². The number of carbonyl (C=O) groups excluding carboxylic acids is 2. The predicted molar refractivity (Wildman–Crippen MR) is 91.5 cm³/mol. The number of hydrogen-bond acceptors (Lipinski definition) is 4. The summed E-state index contributed by atoms with van der Waals surface area (Å²) < 4.78 is 0. The molecule has 2 amide bonds. The summed E-state index contributed by atoms with van der Waals surface area (Å²) >= 11 is 1.70. The molecule has 1 aliphatic rings. The van der Waals surface area contributed by atoms with Crippen molar-refractivity contribution in [3.8, 4) is 0 Å². The van der Waals surface area contributed by atoms with Crippen molar-refractivity contribution < 1.29 is 19.5 Å². The van der Waals surface area contributed by atoms with Crippen molar-refractivity contribution in [3.63, 3.8) is 0 Å². The topological polar surface area (TPSA) is 86.7 Å². The molecule has 0 spiro atoms. The lowest BCUT2D eigenvalue weighted by molar-refractivity contribution is -0.148. The molecule has 132 valence electrons. The summed E-state index contributed by atoms with van der Waals surface area (Å²) in [5.41, 5.74) is -1.15. The van der Waals surface area contributed by atoms with Gasteiger partial charge in [0.2, 0.25) is 11.8 Å². The molecule has 0 unspecified atom stereocenters. The normalized spacial score (nSPS) is 16.6. The Labute approximate surface area is 142 Å². The van der Waals surface area contributed by atoms with E-state index in [1.165, 1.54) is 0 Å². The average Bonchev–Trinajstić information content (AvgIpc) is 2.53. The minimum absolute atomic E-state index is 0.0348. The maximum atomic E-state index is 12.2. The SMILES string of the molecule is CCCN(CCC)C(=O)CCC(=O)NC1(C(=O)O)CCSCC1. The number of carbonyl (C=O) groups is 3. The molecule has 7 heteroatoms. The van der Waals surface area contributed by atoms with Crippen molar-refractivity contribution in [2.24, 2.45) is 0 Å². The van der Waals surface area contributed by atoms with Crippen molar-refractivity contribution in [3.05, 3.63) is 0 Å². The van der Waals surface area contributed by atoms with Crippen molar-refractivity contribution in [1.82, 2.24) is 10.2 Å². The number of aliphatic carboxylic acids is 1. The van der Waals surface area contributed by atoms with Crippen LogP contribution in [0.1, 0.15) is 52.4 Å². The number of hydrogen-bond donors (Lipinski definition) is 2. The smallest absolute Gasteiger partial charge is 0.329 e. The van der Waals surface area contributed by atoms with E-state index in [0.717, 1.165) is 24.3 Å². The number of nitrogens with zero attached hydrogens (tertiary/aromatic N) is 1. The quantitative estimate of drug-likeness (QED) is 0.667. The van der Waals surface area contributed by atoms with Crippen LogP contribution in [0.5, 0.6) is 0 Å². The van der Waals surface area contributed by atoms with Gasteiger partial charge in [0.1, 0.15) is 5.54 Å². The van der Waals surface area contributed by atoms with Crippen LogP contribution >= 0.6 is 11.8 Å². The number of rotatable bonds is 9. The minimum atomic E-state index is -1.15. The first kappa shape index (κ1) is 19.8. The summed E-state index contributed by atoms with van der Waals surface area (Å²) in [4.78, 5) is 37.6. The Kier molecular flexibility index (Phi) is 8.44. The average molecular weight is 344 g/mol. The van der Waals surface area contributed by atoms with Gasteiger partial charge in [-0.25, -0.2) is 4.79 Å². The molecular weight excluding hydrogens is 316 g/mol. The van der Waals surface area contributed by atoms with Crippen LogP contribution in [0, 0.1) is 0 Å². The van der Waals surface area contributed by atoms with Gasteiger partial charge in [0.15, 0.2) is 0 Å². The summed E-state index contributed by atoms with van der Waals surface area (Å²) in [5.74, 6) is 0.0996. The van der Waals surface area contributed by atoms with Gasteiger partial charge in [0, 0.05) is 25.9 Å². The highest BCUT2D eigenvalue weighted by Gasteiger charge is 2.41. The number of thioether (sulfide) groups is 1. The molecule has 0 aromatic heterocycles. The first-order valence-corrected chi connectivity index (χ1v) is 9.50. The molecule has 6 nitrogen and oxygen atoms in total. The largest absolute Gasteiger partial charge is 0.480 e. The molecule has 1 rings (SSSR count). The van der Waals surface area contributed by atoms with E-state index in [1.54, 1.807) is 16.7 Å². The third-order valence-corrected chi connectivity index (χ3v) is 5.03. The van der Waals surface area contributed by atoms with Gasteiger partial charge in [-0.15, -0.1) is 0 Å². The number of carboxylic acids is 1. The maximum Gasteiger partial charge on any atom is 0.329 e. The van der Waals surface area contributed by atoms with E-state index in [2.05, 4.69) is 5.32 Å². The fourth-order valence-electron chi connectivity index (χ4n) is 2.72. The summed E-state index contributed by atoms with van der Waals surface area (Å²) in [6.45, 7) is 5.43. The Morgan fingerprint density at radius 3 is 2.13 bits per heavy atom. The van der Waals surface area contributed by atoms with Crippen LogP contribution in [0.3, 0.4) is 0 Å². The van der Waals surface area contributed by atoms with Crippen molar-refractivity contribution in [1.29, 1.82) is 0 Å². The van der Waals surface area contributed by atoms with Crippen LogP contribution in [0.15, 0.2) is 0 Å². The number of carboxylic acid groups (broad SMARTS) is 1. The van der Waals surface area contributed by atoms with Crippen LogP contribution in [0.4, 0.5) is 0 Å². The van der Waals surface area contributed by atoms with Gasteiger partial charge in [0.05, 0.1) is 0 Å². The molecule has 0 saturated carbocycles. The molecule has 0 radical (unpaired) electrons. The van der Waals surface area contributed by atoms with Gasteiger partial charge in [-0.1, -0.05) is 13.8 Å². The number of nitrogens with one attached hydrogen (secondary N) is 1. The molecule has 0 aromatic carbocycles. The molecule has 0 bridgehead atoms. The zero-order valence-corrected chi connectivity index (χ0v) is 14.9. The second-order valence-corrected chi connectivity index (χ2v) is 7.15. The van der Waals surface area contributed by atoms with Gasteiger partial charge in [-0.3, -0.25) is 9.59 Å². The van der Waals surface area contributed by atoms with Crippen LogP contribution in [0.25, 0.3) is 0 Å². The Balaban J connectivity index is 2.51. The van der Waals surface area contributed by atoms with E-state index in [4.69, 9.17) is 0 Å². The summed E-state index contributed by atoms with van der Waals surface area (Å²) in [6, 6.07) is 0. The first-order valence-electron chi connectivity index (χ1n) is 8.35. The zero-order chi connectivity index (χ0) is 17.3. The van der Waals surface area contributed by atoms with Crippen LogP contribution < -0.4 is 5.32 Å². The van der Waals surface area contributed by atoms with Gasteiger partial charge < -0.3 is 15.3 Å². The summed E-state index contributed by atoms with van der Waals surface area (Å²) in [7, 11) is 0. The molecule has 23 heavy (non-hydrogen) atoms. The lowest BCUT2D eigenvalue weighted by Crippen LogP contribution is -2.56. The molecule has 1 saturated heterocycles. The first-order chi connectivity index (χ1) is 10.9. The summed E-state index contributed by atoms with van der Waals surface area (Å²) in [5, 5.41) is 12.1. The third kappa shape index (κ3) is 6.05. The lowest BCUT2D eigenvalue weighted by Gasteiger charge is -2.33. The Hall–Kier alpha value is -1.24. The fourth-order valence-corrected chi connectivity index (χ4v) is 3.91. The second kappa shape index (κ2) is 9.80. The molecule has 0 aliphatic carbocycles. The van der Waals surface area contributed by atoms with Gasteiger partial charge in [0.25, 0.3) is 0 Å². The standard InChI is InChI=1S/C16H28N2O4S/c1-3-9-18(10-4-2)14(20)6-5-13(19)17-16(15(21)22)7-11-23-12-8-16/h3-12H2,1-2H3,(H,17,19)(H,21,22). The molecule has 1 aliphatic heterocycles. The van der Waals surface area contributed by atoms with E-state index in [-0.39, 0.29) is 24.7 Å². The Morgan fingerprint density at radius 2 is 1.65 bits per heavy atom. The van der Waals surface area contributed by atoms with E-state index in [1.807, 2.05) is 13.8 Å². The maximum absolute atomic E-state index is 12.2. The Bertz CT molecular complexity index is 416. The van der Waals surface area contributed by atoms with Crippen LogP contribution in [0.2, 0.25) is 0 Å². The highest BCUT2D eigenvalue weighted by Crippen LogP contribution is 2.27. The van der Waals surface area contributed by atoms with Crippen molar-refractivity contribution in [2.75, 3.05) is 24.6 Å².